The quantitative estimate of drug-likeness (QED) is 0.762. The maximum absolute atomic E-state index is 11.9. The molecule has 1 saturated carbocycles. The van der Waals surface area contributed by atoms with E-state index in [4.69, 9.17) is 9.52 Å². The maximum atomic E-state index is 11.9. The second-order valence-electron chi connectivity index (χ2n) is 5.54. The van der Waals surface area contributed by atoms with Crippen molar-refractivity contribution >= 4 is 15.6 Å². The SMILES string of the molecule is COCC1(CCNC(=O)C2CCCS2(=N)=O)CC1. The van der Waals surface area contributed by atoms with E-state index >= 15 is 0 Å². The number of nitrogens with one attached hydrogen (secondary N) is 2. The van der Waals surface area contributed by atoms with Gasteiger partial charge in [0.25, 0.3) is 0 Å². The molecule has 2 unspecified atom stereocenters. The summed E-state index contributed by atoms with van der Waals surface area (Å²) in [6.07, 6.45) is 4.56. The van der Waals surface area contributed by atoms with Crippen LogP contribution in [0.3, 0.4) is 0 Å². The fraction of sp³-hybridized carbons (Fsp3) is 0.917. The molecule has 0 aromatic carbocycles. The average molecular weight is 274 g/mol. The van der Waals surface area contributed by atoms with Gasteiger partial charge in [0, 0.05) is 19.4 Å². The van der Waals surface area contributed by atoms with E-state index in [0.29, 0.717) is 18.7 Å². The van der Waals surface area contributed by atoms with Crippen LogP contribution in [0.2, 0.25) is 0 Å². The van der Waals surface area contributed by atoms with Crippen LogP contribution < -0.4 is 5.32 Å². The van der Waals surface area contributed by atoms with Crippen LogP contribution >= 0.6 is 0 Å². The zero-order chi connectivity index (χ0) is 13.2. The summed E-state index contributed by atoms with van der Waals surface area (Å²) in [5, 5.41) is 2.25. The molecule has 0 radical (unpaired) electrons. The number of carbonyl (C=O) groups is 1. The van der Waals surface area contributed by atoms with Gasteiger partial charge >= 0.3 is 0 Å². The smallest absolute Gasteiger partial charge is 0.236 e. The zero-order valence-electron chi connectivity index (χ0n) is 10.9. The van der Waals surface area contributed by atoms with E-state index in [9.17, 15) is 9.00 Å². The van der Waals surface area contributed by atoms with Crippen molar-refractivity contribution in [3.05, 3.63) is 0 Å². The number of carbonyl (C=O) groups excluding carboxylic acids is 1. The molecule has 2 aliphatic rings. The first kappa shape index (κ1) is 13.8. The molecule has 1 amide bonds. The molecule has 2 fully saturated rings. The van der Waals surface area contributed by atoms with Gasteiger partial charge in [0.05, 0.1) is 16.3 Å². The van der Waals surface area contributed by atoms with Crippen LogP contribution in [0.4, 0.5) is 0 Å². The van der Waals surface area contributed by atoms with Crippen molar-refractivity contribution in [1.29, 1.82) is 4.78 Å². The Morgan fingerprint density at radius 3 is 2.78 bits per heavy atom. The first-order chi connectivity index (χ1) is 8.49. The Morgan fingerprint density at radius 2 is 2.28 bits per heavy atom. The Morgan fingerprint density at radius 1 is 1.56 bits per heavy atom. The number of amides is 1. The summed E-state index contributed by atoms with van der Waals surface area (Å²) < 4.78 is 24.6. The summed E-state index contributed by atoms with van der Waals surface area (Å²) in [4.78, 5) is 11.9. The standard InChI is InChI=1S/C12H22N2O3S/c1-17-9-12(4-5-12)6-7-14-11(15)10-3-2-8-18(10,13)16/h10,13H,2-9H2,1H3,(H,14,15). The second kappa shape index (κ2) is 5.17. The van der Waals surface area contributed by atoms with Crippen molar-refractivity contribution in [2.24, 2.45) is 5.41 Å². The molecular weight excluding hydrogens is 252 g/mol. The van der Waals surface area contributed by atoms with E-state index < -0.39 is 15.0 Å². The summed E-state index contributed by atoms with van der Waals surface area (Å²) >= 11 is 0. The molecule has 0 spiro atoms. The summed E-state index contributed by atoms with van der Waals surface area (Å²) in [7, 11) is -0.983. The van der Waals surface area contributed by atoms with Crippen LogP contribution in [0.15, 0.2) is 0 Å². The number of methoxy groups -OCH3 is 1. The first-order valence-electron chi connectivity index (χ1n) is 6.51. The third kappa shape index (κ3) is 3.03. The normalized spacial score (nSPS) is 33.3. The van der Waals surface area contributed by atoms with Gasteiger partial charge in [-0.05, 0) is 37.5 Å². The molecule has 5 nitrogen and oxygen atoms in total. The molecule has 0 aromatic rings. The lowest BCUT2D eigenvalue weighted by Crippen LogP contribution is -2.38. The predicted octanol–water partition coefficient (Wildman–Crippen LogP) is 1.13. The summed E-state index contributed by atoms with van der Waals surface area (Å²) in [5.41, 5.74) is 0.264. The third-order valence-corrected chi connectivity index (χ3v) is 6.29. The van der Waals surface area contributed by atoms with Crippen LogP contribution in [0.25, 0.3) is 0 Å². The van der Waals surface area contributed by atoms with Gasteiger partial charge in [-0.15, -0.1) is 0 Å². The van der Waals surface area contributed by atoms with Crippen LogP contribution in [0, 0.1) is 10.2 Å². The van der Waals surface area contributed by atoms with Crippen LogP contribution in [0.5, 0.6) is 0 Å². The van der Waals surface area contributed by atoms with Gasteiger partial charge in [-0.1, -0.05) is 0 Å². The van der Waals surface area contributed by atoms with Crippen molar-refractivity contribution in [3.8, 4) is 0 Å². The molecule has 0 aromatic heterocycles. The minimum atomic E-state index is -2.68. The molecule has 1 heterocycles. The largest absolute Gasteiger partial charge is 0.384 e. The number of rotatable bonds is 6. The van der Waals surface area contributed by atoms with Gasteiger partial charge in [0.1, 0.15) is 5.25 Å². The molecule has 2 atom stereocenters. The first-order valence-corrected chi connectivity index (χ1v) is 8.30. The van der Waals surface area contributed by atoms with Gasteiger partial charge in [0.2, 0.25) is 5.91 Å². The number of hydrogen-bond donors (Lipinski definition) is 2. The molecule has 6 heteroatoms. The highest BCUT2D eigenvalue weighted by molar-refractivity contribution is 7.94. The van der Waals surface area contributed by atoms with E-state index in [-0.39, 0.29) is 11.3 Å². The lowest BCUT2D eigenvalue weighted by molar-refractivity contribution is -0.120. The van der Waals surface area contributed by atoms with Gasteiger partial charge in [0.15, 0.2) is 0 Å². The van der Waals surface area contributed by atoms with Crippen molar-refractivity contribution in [2.45, 2.75) is 37.4 Å². The Kier molecular flexibility index (Phi) is 3.96. The monoisotopic (exact) mass is 274 g/mol. The van der Waals surface area contributed by atoms with Crippen molar-refractivity contribution in [2.75, 3.05) is 26.0 Å². The summed E-state index contributed by atoms with van der Waals surface area (Å²) in [6, 6.07) is 0. The fourth-order valence-electron chi connectivity index (χ4n) is 2.63. The zero-order valence-corrected chi connectivity index (χ0v) is 11.7. The fourth-order valence-corrected chi connectivity index (χ4v) is 4.49. The minimum Gasteiger partial charge on any atom is -0.384 e. The molecule has 1 saturated heterocycles. The average Bonchev–Trinajstić information content (AvgIpc) is 2.95. The highest BCUT2D eigenvalue weighted by Crippen LogP contribution is 2.48. The number of ether oxygens (including phenoxy) is 1. The van der Waals surface area contributed by atoms with Gasteiger partial charge in [-0.2, -0.15) is 0 Å². The van der Waals surface area contributed by atoms with Gasteiger partial charge in [-0.25, -0.2) is 4.21 Å². The summed E-state index contributed by atoms with van der Waals surface area (Å²) in [5.74, 6) is 0.180. The lowest BCUT2D eigenvalue weighted by atomic mass is 10.0. The highest BCUT2D eigenvalue weighted by atomic mass is 32.2. The Labute approximate surface area is 109 Å². The lowest BCUT2D eigenvalue weighted by Gasteiger charge is -2.16. The van der Waals surface area contributed by atoms with Crippen LogP contribution in [-0.4, -0.2) is 41.4 Å². The number of hydrogen-bond acceptors (Lipinski definition) is 4. The van der Waals surface area contributed by atoms with Gasteiger partial charge < -0.3 is 10.1 Å². The molecule has 2 N–H and O–H groups in total. The summed E-state index contributed by atoms with van der Waals surface area (Å²) in [6.45, 7) is 1.36. The van der Waals surface area contributed by atoms with E-state index in [1.54, 1.807) is 7.11 Å². The predicted molar refractivity (Wildman–Crippen MR) is 69.9 cm³/mol. The van der Waals surface area contributed by atoms with Crippen molar-refractivity contribution in [3.63, 3.8) is 0 Å². The Balaban J connectivity index is 1.76. The van der Waals surface area contributed by atoms with Crippen LogP contribution in [-0.2, 0) is 19.3 Å². The molecule has 18 heavy (non-hydrogen) atoms. The molecule has 0 bridgehead atoms. The van der Waals surface area contributed by atoms with Gasteiger partial charge in [-0.3, -0.25) is 9.57 Å². The van der Waals surface area contributed by atoms with Crippen molar-refractivity contribution in [1.82, 2.24) is 5.32 Å². The van der Waals surface area contributed by atoms with E-state index in [0.717, 1.165) is 32.3 Å². The molecule has 1 aliphatic heterocycles. The third-order valence-electron chi connectivity index (χ3n) is 4.03. The Bertz CT molecular complexity index is 415. The Hall–Kier alpha value is -0.620. The van der Waals surface area contributed by atoms with E-state index in [2.05, 4.69) is 5.32 Å². The van der Waals surface area contributed by atoms with E-state index in [1.165, 1.54) is 0 Å². The van der Waals surface area contributed by atoms with E-state index in [1.807, 2.05) is 0 Å². The topological polar surface area (TPSA) is 79.2 Å². The second-order valence-corrected chi connectivity index (χ2v) is 7.97. The van der Waals surface area contributed by atoms with Crippen LogP contribution in [0.1, 0.15) is 32.1 Å². The minimum absolute atomic E-state index is 0.194. The maximum Gasteiger partial charge on any atom is 0.236 e. The molecule has 1 aliphatic carbocycles. The van der Waals surface area contributed by atoms with Crippen molar-refractivity contribution < 1.29 is 13.7 Å². The molecule has 2 rings (SSSR count). The molecular formula is C12H22N2O3S. The molecule has 104 valence electrons. The highest BCUT2D eigenvalue weighted by Gasteiger charge is 2.42.